The molecule has 5 nitrogen and oxygen atoms in total. The molecule has 1 aliphatic carbocycles. The number of rotatable bonds is 15. The normalized spacial score (nSPS) is 13.9. The molecule has 2 rings (SSSR count). The number of carbonyl (C=O) groups excluding carboxylic acids is 2. The van der Waals surface area contributed by atoms with Crippen molar-refractivity contribution in [3.8, 4) is 0 Å². The zero-order chi connectivity index (χ0) is 24.4. The van der Waals surface area contributed by atoms with Crippen LogP contribution in [0.4, 0.5) is 5.69 Å². The first kappa shape index (κ1) is 28.3. The van der Waals surface area contributed by atoms with Crippen molar-refractivity contribution in [1.29, 1.82) is 0 Å². The Bertz CT molecular complexity index is 747. The predicted molar refractivity (Wildman–Crippen MR) is 146 cm³/mol. The maximum Gasteiger partial charge on any atom is 0.251 e. The highest BCUT2D eigenvalue weighted by atomic mass is 32.1. The van der Waals surface area contributed by atoms with E-state index >= 15 is 0 Å². The molecule has 1 saturated carbocycles. The number of anilines is 1. The van der Waals surface area contributed by atoms with Crippen molar-refractivity contribution in [2.75, 3.05) is 5.32 Å². The van der Waals surface area contributed by atoms with E-state index in [1.165, 1.54) is 77.0 Å². The van der Waals surface area contributed by atoms with Gasteiger partial charge in [0.2, 0.25) is 5.91 Å². The molecule has 0 radical (unpaired) electrons. The van der Waals surface area contributed by atoms with Gasteiger partial charge in [0.05, 0.1) is 0 Å². The van der Waals surface area contributed by atoms with Crippen molar-refractivity contribution in [2.24, 2.45) is 0 Å². The Morgan fingerprint density at radius 1 is 0.882 bits per heavy atom. The molecule has 0 aliphatic heterocycles. The zero-order valence-corrected chi connectivity index (χ0v) is 21.9. The molecule has 1 aliphatic rings. The Hall–Kier alpha value is -1.95. The van der Waals surface area contributed by atoms with E-state index in [4.69, 9.17) is 12.2 Å². The summed E-state index contributed by atoms with van der Waals surface area (Å²) in [6, 6.07) is 7.53. The monoisotopic (exact) mass is 487 g/mol. The van der Waals surface area contributed by atoms with Crippen LogP contribution in [0.3, 0.4) is 0 Å². The van der Waals surface area contributed by atoms with Crippen molar-refractivity contribution in [2.45, 2.75) is 122 Å². The number of carbonyl (C=O) groups is 2. The molecule has 6 heteroatoms. The fourth-order valence-electron chi connectivity index (χ4n) is 4.56. The molecule has 0 atom stereocenters. The summed E-state index contributed by atoms with van der Waals surface area (Å²) in [7, 11) is 0. The highest BCUT2D eigenvalue weighted by Crippen LogP contribution is 2.18. The summed E-state index contributed by atoms with van der Waals surface area (Å²) in [4.78, 5) is 24.8. The molecular formula is C28H45N3O2S. The summed E-state index contributed by atoms with van der Waals surface area (Å²) >= 11 is 5.30. The van der Waals surface area contributed by atoms with Gasteiger partial charge in [-0.15, -0.1) is 0 Å². The molecule has 1 aromatic rings. The third kappa shape index (κ3) is 12.5. The van der Waals surface area contributed by atoms with Crippen molar-refractivity contribution in [3.05, 3.63) is 29.8 Å². The second-order valence-electron chi connectivity index (χ2n) is 9.68. The quantitative estimate of drug-likeness (QED) is 0.180. The van der Waals surface area contributed by atoms with Gasteiger partial charge in [-0.1, -0.05) is 96.5 Å². The molecule has 0 spiro atoms. The first-order valence-electron chi connectivity index (χ1n) is 13.6. The van der Waals surface area contributed by atoms with Crippen LogP contribution in [0.2, 0.25) is 0 Å². The lowest BCUT2D eigenvalue weighted by atomic mass is 9.95. The van der Waals surface area contributed by atoms with Gasteiger partial charge >= 0.3 is 0 Å². The number of unbranched alkanes of at least 4 members (excludes halogenated alkanes) is 10. The van der Waals surface area contributed by atoms with Crippen LogP contribution in [0.25, 0.3) is 0 Å². The molecule has 0 unspecified atom stereocenters. The van der Waals surface area contributed by atoms with E-state index < -0.39 is 0 Å². The lowest BCUT2D eigenvalue weighted by Crippen LogP contribution is -2.36. The largest absolute Gasteiger partial charge is 0.349 e. The first-order chi connectivity index (χ1) is 16.6. The fraction of sp³-hybridized carbons (Fsp3) is 0.679. The van der Waals surface area contributed by atoms with Crippen LogP contribution in [0.15, 0.2) is 24.3 Å². The van der Waals surface area contributed by atoms with Crippen LogP contribution < -0.4 is 16.0 Å². The van der Waals surface area contributed by atoms with Gasteiger partial charge in [-0.25, -0.2) is 0 Å². The molecule has 2 amide bonds. The number of thiocarbonyl (C=S) groups is 1. The number of hydrogen-bond donors (Lipinski definition) is 3. The van der Waals surface area contributed by atoms with E-state index in [2.05, 4.69) is 22.9 Å². The SMILES string of the molecule is CCCCCCCCCCCCCC(=O)NC(=S)Nc1cccc(C(=O)NC2CCCCC2)c1. The maximum absolute atomic E-state index is 12.6. The summed E-state index contributed by atoms with van der Waals surface area (Å²) in [6.45, 7) is 2.25. The van der Waals surface area contributed by atoms with Crippen LogP contribution in [-0.2, 0) is 4.79 Å². The van der Waals surface area contributed by atoms with Crippen molar-refractivity contribution >= 4 is 34.8 Å². The number of benzene rings is 1. The third-order valence-corrected chi connectivity index (χ3v) is 6.79. The summed E-state index contributed by atoms with van der Waals surface area (Å²) < 4.78 is 0. The summed E-state index contributed by atoms with van der Waals surface area (Å²) in [5.74, 6) is -0.110. The Balaban J connectivity index is 1.57. The Kier molecular flexibility index (Phi) is 14.5. The van der Waals surface area contributed by atoms with Gasteiger partial charge in [0, 0.05) is 23.7 Å². The van der Waals surface area contributed by atoms with E-state index in [-0.39, 0.29) is 23.0 Å². The minimum Gasteiger partial charge on any atom is -0.349 e. The predicted octanol–water partition coefficient (Wildman–Crippen LogP) is 7.26. The van der Waals surface area contributed by atoms with E-state index in [0.29, 0.717) is 17.7 Å². The van der Waals surface area contributed by atoms with Gasteiger partial charge in [0.15, 0.2) is 5.11 Å². The lowest BCUT2D eigenvalue weighted by Gasteiger charge is -2.22. The van der Waals surface area contributed by atoms with Crippen LogP contribution in [0.1, 0.15) is 126 Å². The first-order valence-corrected chi connectivity index (χ1v) is 14.0. The zero-order valence-electron chi connectivity index (χ0n) is 21.1. The van der Waals surface area contributed by atoms with Crippen LogP contribution in [0.5, 0.6) is 0 Å². The van der Waals surface area contributed by atoms with Gasteiger partial charge in [-0.3, -0.25) is 9.59 Å². The van der Waals surface area contributed by atoms with Gasteiger partial charge in [-0.05, 0) is 49.7 Å². The highest BCUT2D eigenvalue weighted by Gasteiger charge is 2.17. The van der Waals surface area contributed by atoms with Crippen molar-refractivity contribution < 1.29 is 9.59 Å². The van der Waals surface area contributed by atoms with E-state index in [1.54, 1.807) is 12.1 Å². The third-order valence-electron chi connectivity index (χ3n) is 6.58. The van der Waals surface area contributed by atoms with E-state index in [0.717, 1.165) is 25.7 Å². The minimum absolute atomic E-state index is 0.0537. The number of hydrogen-bond acceptors (Lipinski definition) is 3. The average molecular weight is 488 g/mol. The van der Waals surface area contributed by atoms with Gasteiger partial charge < -0.3 is 16.0 Å². The second kappa shape index (κ2) is 17.5. The molecular weight excluding hydrogens is 442 g/mol. The van der Waals surface area contributed by atoms with Gasteiger partial charge in [0.25, 0.3) is 5.91 Å². The molecule has 0 bridgehead atoms. The van der Waals surface area contributed by atoms with Gasteiger partial charge in [-0.2, -0.15) is 0 Å². The lowest BCUT2D eigenvalue weighted by molar-refractivity contribution is -0.119. The summed E-state index contributed by atoms with van der Waals surface area (Å²) in [6.07, 6.45) is 20.1. The molecule has 34 heavy (non-hydrogen) atoms. The molecule has 0 aromatic heterocycles. The Morgan fingerprint density at radius 2 is 1.50 bits per heavy atom. The standard InChI is InChI=1S/C28H45N3O2S/c1-2-3-4-5-6-7-8-9-10-11-15-21-26(32)31-28(34)30-25-20-16-17-23(22-25)27(33)29-24-18-13-12-14-19-24/h16-17,20,22,24H,2-15,18-19,21H2,1H3,(H,29,33)(H2,30,31,32,34). The molecule has 0 heterocycles. The van der Waals surface area contributed by atoms with Crippen LogP contribution in [0, 0.1) is 0 Å². The van der Waals surface area contributed by atoms with E-state index in [9.17, 15) is 9.59 Å². The van der Waals surface area contributed by atoms with Crippen LogP contribution in [-0.4, -0.2) is 23.0 Å². The molecule has 0 saturated heterocycles. The van der Waals surface area contributed by atoms with E-state index in [1.807, 2.05) is 12.1 Å². The van der Waals surface area contributed by atoms with Crippen molar-refractivity contribution in [1.82, 2.24) is 10.6 Å². The number of amides is 2. The topological polar surface area (TPSA) is 70.2 Å². The number of nitrogens with one attached hydrogen (secondary N) is 3. The summed E-state index contributed by atoms with van der Waals surface area (Å²) in [5.41, 5.74) is 1.31. The molecule has 1 aromatic carbocycles. The molecule has 1 fully saturated rings. The smallest absolute Gasteiger partial charge is 0.251 e. The van der Waals surface area contributed by atoms with Crippen molar-refractivity contribution in [3.63, 3.8) is 0 Å². The minimum atomic E-state index is -0.0559. The Morgan fingerprint density at radius 3 is 2.15 bits per heavy atom. The fourth-order valence-corrected chi connectivity index (χ4v) is 4.79. The second-order valence-corrected chi connectivity index (χ2v) is 10.1. The summed E-state index contributed by atoms with van der Waals surface area (Å²) in [5, 5.41) is 9.20. The average Bonchev–Trinajstić information content (AvgIpc) is 2.83. The van der Waals surface area contributed by atoms with Gasteiger partial charge in [0.1, 0.15) is 0 Å². The highest BCUT2D eigenvalue weighted by molar-refractivity contribution is 7.80. The molecule has 190 valence electrons. The maximum atomic E-state index is 12.6. The Labute approximate surface area is 212 Å². The molecule has 3 N–H and O–H groups in total. The van der Waals surface area contributed by atoms with Crippen LogP contribution >= 0.6 is 12.2 Å².